The second-order valence-corrected chi connectivity index (χ2v) is 8.97. The van der Waals surface area contributed by atoms with Crippen LogP contribution < -0.4 is 5.32 Å². The molecule has 0 spiro atoms. The van der Waals surface area contributed by atoms with Crippen LogP contribution in [0.4, 0.5) is 0 Å². The van der Waals surface area contributed by atoms with Crippen molar-refractivity contribution < 1.29 is 9.59 Å². The van der Waals surface area contributed by atoms with Crippen molar-refractivity contribution in [1.29, 1.82) is 0 Å². The second kappa shape index (κ2) is 9.31. The monoisotopic (exact) mass is 446 g/mol. The summed E-state index contributed by atoms with van der Waals surface area (Å²) < 4.78 is 1.95. The first-order chi connectivity index (χ1) is 16.1. The number of amides is 2. The first-order valence-electron chi connectivity index (χ1n) is 11.8. The van der Waals surface area contributed by atoms with E-state index in [1.807, 2.05) is 34.9 Å². The maximum Gasteiger partial charge on any atom is 0.290 e. The van der Waals surface area contributed by atoms with Crippen LogP contribution in [0.1, 0.15) is 52.9 Å². The van der Waals surface area contributed by atoms with E-state index in [0.29, 0.717) is 49.1 Å². The van der Waals surface area contributed by atoms with Gasteiger partial charge in [-0.05, 0) is 56.6 Å². The molecule has 1 fully saturated rings. The number of nitrogens with one attached hydrogen (secondary N) is 1. The molecular weight excluding hydrogens is 416 g/mol. The Bertz CT molecular complexity index is 1160. The van der Waals surface area contributed by atoms with Crippen LogP contribution in [0.2, 0.25) is 0 Å². The number of imidazole rings is 1. The molecule has 2 aliphatic rings. The Hall–Kier alpha value is -3.26. The Morgan fingerprint density at radius 1 is 1.15 bits per heavy atom. The van der Waals surface area contributed by atoms with Gasteiger partial charge in [0.1, 0.15) is 0 Å². The number of aromatic nitrogens is 3. The summed E-state index contributed by atoms with van der Waals surface area (Å²) in [6.45, 7) is 6.60. The average molecular weight is 447 g/mol. The predicted molar refractivity (Wildman–Crippen MR) is 126 cm³/mol. The normalized spacial score (nSPS) is 19.0. The van der Waals surface area contributed by atoms with Gasteiger partial charge in [-0.3, -0.25) is 19.5 Å². The number of carbonyl (C=O) groups is 2. The number of benzene rings is 1. The van der Waals surface area contributed by atoms with Gasteiger partial charge in [-0.1, -0.05) is 12.5 Å². The summed E-state index contributed by atoms with van der Waals surface area (Å²) in [5.41, 5.74) is 2.99. The minimum absolute atomic E-state index is 0.101. The largest absolute Gasteiger partial charge is 0.351 e. The first kappa shape index (κ1) is 21.6. The lowest BCUT2D eigenvalue weighted by Gasteiger charge is -2.33. The van der Waals surface area contributed by atoms with Crippen LogP contribution in [-0.2, 0) is 13.1 Å². The quantitative estimate of drug-likeness (QED) is 0.630. The van der Waals surface area contributed by atoms with Gasteiger partial charge in [0.15, 0.2) is 5.82 Å². The van der Waals surface area contributed by atoms with Gasteiger partial charge < -0.3 is 14.8 Å². The average Bonchev–Trinajstić information content (AvgIpc) is 3.21. The van der Waals surface area contributed by atoms with Crippen LogP contribution >= 0.6 is 0 Å². The molecule has 33 heavy (non-hydrogen) atoms. The first-order valence-corrected chi connectivity index (χ1v) is 11.8. The van der Waals surface area contributed by atoms with Crippen LogP contribution in [0.25, 0.3) is 11.0 Å². The number of piperidine rings is 1. The van der Waals surface area contributed by atoms with Crippen molar-refractivity contribution in [2.24, 2.45) is 0 Å². The van der Waals surface area contributed by atoms with Crippen LogP contribution in [-0.4, -0.2) is 68.4 Å². The maximum absolute atomic E-state index is 13.1. The van der Waals surface area contributed by atoms with Gasteiger partial charge in [-0.2, -0.15) is 0 Å². The topological polar surface area (TPSA) is 83.4 Å². The van der Waals surface area contributed by atoms with Crippen molar-refractivity contribution >= 4 is 22.8 Å². The summed E-state index contributed by atoms with van der Waals surface area (Å²) in [5.74, 6) is 0.212. The fourth-order valence-electron chi connectivity index (χ4n) is 4.87. The summed E-state index contributed by atoms with van der Waals surface area (Å²) >= 11 is 0. The minimum atomic E-state index is -0.107. The lowest BCUT2D eigenvalue weighted by Crippen LogP contribution is -2.42. The van der Waals surface area contributed by atoms with Crippen molar-refractivity contribution in [2.45, 2.75) is 45.3 Å². The van der Waals surface area contributed by atoms with Crippen LogP contribution in [0, 0.1) is 0 Å². The number of hydrogen-bond acceptors (Lipinski definition) is 5. The highest BCUT2D eigenvalue weighted by Gasteiger charge is 2.28. The van der Waals surface area contributed by atoms with Gasteiger partial charge in [-0.25, -0.2) is 4.98 Å². The molecule has 5 rings (SSSR count). The van der Waals surface area contributed by atoms with Gasteiger partial charge in [0.05, 0.1) is 23.3 Å². The SMILES string of the molecule is CC1CCCCN1CCNC(=O)c1ccc2c(c1)nc1n2CCN(Cc2ccccn2)C1=O. The minimum Gasteiger partial charge on any atom is -0.351 e. The molecule has 1 aromatic carbocycles. The molecule has 8 nitrogen and oxygen atoms in total. The van der Waals surface area contributed by atoms with E-state index in [0.717, 1.165) is 24.3 Å². The van der Waals surface area contributed by atoms with Gasteiger partial charge in [0.2, 0.25) is 0 Å². The molecule has 172 valence electrons. The maximum atomic E-state index is 13.1. The fraction of sp³-hybridized carbons (Fsp3) is 0.440. The molecule has 3 aromatic rings. The van der Waals surface area contributed by atoms with Crippen molar-refractivity contribution in [3.05, 3.63) is 59.7 Å². The van der Waals surface area contributed by atoms with E-state index < -0.39 is 0 Å². The summed E-state index contributed by atoms with van der Waals surface area (Å²) in [6, 6.07) is 11.8. The molecule has 1 N–H and O–H groups in total. The van der Waals surface area contributed by atoms with Crippen molar-refractivity contribution in [1.82, 2.24) is 29.7 Å². The molecule has 0 radical (unpaired) electrons. The Kier molecular flexibility index (Phi) is 6.09. The van der Waals surface area contributed by atoms with Gasteiger partial charge in [0.25, 0.3) is 11.8 Å². The molecule has 1 atom stereocenters. The molecule has 1 unspecified atom stereocenters. The number of fused-ring (bicyclic) bond motifs is 3. The molecule has 1 saturated heterocycles. The third-order valence-corrected chi connectivity index (χ3v) is 6.79. The number of rotatable bonds is 6. The Labute approximate surface area is 193 Å². The summed E-state index contributed by atoms with van der Waals surface area (Å²) in [6.07, 6.45) is 5.49. The summed E-state index contributed by atoms with van der Waals surface area (Å²) in [5, 5.41) is 3.04. The number of pyridine rings is 1. The van der Waals surface area contributed by atoms with Gasteiger partial charge >= 0.3 is 0 Å². The van der Waals surface area contributed by atoms with E-state index in [1.165, 1.54) is 19.3 Å². The molecule has 0 aliphatic carbocycles. The lowest BCUT2D eigenvalue weighted by molar-refractivity contribution is 0.0682. The number of likely N-dealkylation sites (tertiary alicyclic amines) is 1. The van der Waals surface area contributed by atoms with Gasteiger partial charge in [-0.15, -0.1) is 0 Å². The molecule has 2 amide bonds. The van der Waals surface area contributed by atoms with Crippen molar-refractivity contribution in [3.8, 4) is 0 Å². The van der Waals surface area contributed by atoms with E-state index in [4.69, 9.17) is 0 Å². The van der Waals surface area contributed by atoms with E-state index in [9.17, 15) is 9.59 Å². The zero-order valence-electron chi connectivity index (χ0n) is 19.0. The Morgan fingerprint density at radius 2 is 2.06 bits per heavy atom. The van der Waals surface area contributed by atoms with Crippen LogP contribution in [0.5, 0.6) is 0 Å². The van der Waals surface area contributed by atoms with Crippen LogP contribution in [0.15, 0.2) is 42.6 Å². The zero-order valence-corrected chi connectivity index (χ0v) is 19.0. The number of hydrogen-bond donors (Lipinski definition) is 1. The van der Waals surface area contributed by atoms with E-state index >= 15 is 0 Å². The highest BCUT2D eigenvalue weighted by molar-refractivity contribution is 6.00. The highest BCUT2D eigenvalue weighted by Crippen LogP contribution is 2.23. The molecule has 8 heteroatoms. The molecule has 2 aliphatic heterocycles. The smallest absolute Gasteiger partial charge is 0.290 e. The molecule has 0 bridgehead atoms. The van der Waals surface area contributed by atoms with Crippen molar-refractivity contribution in [2.75, 3.05) is 26.2 Å². The Balaban J connectivity index is 1.26. The molecule has 0 saturated carbocycles. The van der Waals surface area contributed by atoms with E-state index in [-0.39, 0.29) is 11.8 Å². The zero-order chi connectivity index (χ0) is 22.8. The second-order valence-electron chi connectivity index (χ2n) is 8.97. The standard InChI is InChI=1S/C25H30N6O2/c1-18-6-3-5-12-29(18)13-11-27-24(32)19-8-9-22-21(16-19)28-23-25(33)30(14-15-31(22)23)17-20-7-2-4-10-26-20/h2,4,7-10,16,18H,3,5-6,11-15,17H2,1H3,(H,27,32). The third-order valence-electron chi connectivity index (χ3n) is 6.79. The molecule has 4 heterocycles. The molecular formula is C25H30N6O2. The van der Waals surface area contributed by atoms with Crippen molar-refractivity contribution in [3.63, 3.8) is 0 Å². The highest BCUT2D eigenvalue weighted by atomic mass is 16.2. The third kappa shape index (κ3) is 4.48. The van der Waals surface area contributed by atoms with E-state index in [2.05, 4.69) is 27.1 Å². The number of nitrogens with zero attached hydrogens (tertiary/aromatic N) is 5. The summed E-state index contributed by atoms with van der Waals surface area (Å²) in [4.78, 5) is 38.9. The van der Waals surface area contributed by atoms with Gasteiger partial charge in [0, 0.05) is 44.0 Å². The predicted octanol–water partition coefficient (Wildman–Crippen LogP) is 2.69. The molecule has 2 aromatic heterocycles. The van der Waals surface area contributed by atoms with E-state index in [1.54, 1.807) is 17.2 Å². The summed E-state index contributed by atoms with van der Waals surface area (Å²) in [7, 11) is 0. The fourth-order valence-corrected chi connectivity index (χ4v) is 4.87. The lowest BCUT2D eigenvalue weighted by atomic mass is 10.0. The number of carbonyl (C=O) groups excluding carboxylic acids is 2. The Morgan fingerprint density at radius 3 is 2.88 bits per heavy atom. The van der Waals surface area contributed by atoms with Crippen LogP contribution in [0.3, 0.4) is 0 Å².